The molecule has 0 saturated heterocycles. The molecular weight excluding hydrogens is 278 g/mol. The molecule has 0 spiro atoms. The Bertz CT molecular complexity index is 376. The van der Waals surface area contributed by atoms with Crippen molar-refractivity contribution in [1.82, 2.24) is 0 Å². The van der Waals surface area contributed by atoms with E-state index in [1.165, 1.54) is 0 Å². The number of halogens is 1. The second kappa shape index (κ2) is 5.87. The van der Waals surface area contributed by atoms with Crippen molar-refractivity contribution in [3.63, 3.8) is 0 Å². The summed E-state index contributed by atoms with van der Waals surface area (Å²) in [4.78, 5) is 2.26. The van der Waals surface area contributed by atoms with E-state index in [4.69, 9.17) is 0 Å². The number of benzene rings is 1. The molecule has 0 bridgehead atoms. The fourth-order valence-corrected chi connectivity index (χ4v) is 2.41. The normalized spacial score (nSPS) is 14.8. The fraction of sp³-hybridized carbons (Fsp3) is 0.571. The second-order valence-electron chi connectivity index (χ2n) is 4.98. The Morgan fingerprint density at radius 1 is 1.18 bits per heavy atom. The number of nitrogens with zero attached hydrogens (tertiary/aromatic N) is 1. The molecule has 0 fully saturated rings. The van der Waals surface area contributed by atoms with Gasteiger partial charge in [0.25, 0.3) is 0 Å². The highest BCUT2D eigenvalue weighted by atomic mass is 79.9. The first-order chi connectivity index (χ1) is 7.84. The Balaban J connectivity index is 2.99. The lowest BCUT2D eigenvalue weighted by Gasteiger charge is -2.31. The third-order valence-corrected chi connectivity index (χ3v) is 4.05. The van der Waals surface area contributed by atoms with Crippen LogP contribution in [0.25, 0.3) is 0 Å². The summed E-state index contributed by atoms with van der Waals surface area (Å²) in [6.45, 7) is 8.44. The van der Waals surface area contributed by atoms with Crippen LogP contribution in [0.5, 0.6) is 0 Å². The first-order valence-corrected chi connectivity index (χ1v) is 6.84. The molecule has 0 radical (unpaired) electrons. The summed E-state index contributed by atoms with van der Waals surface area (Å²) in [7, 11) is 2.10. The van der Waals surface area contributed by atoms with Crippen LogP contribution in [-0.4, -0.2) is 18.2 Å². The van der Waals surface area contributed by atoms with Gasteiger partial charge in [-0.1, -0.05) is 19.9 Å². The lowest BCUT2D eigenvalue weighted by atomic mass is 10.0. The van der Waals surface area contributed by atoms with Crippen LogP contribution in [0.1, 0.15) is 39.4 Å². The lowest BCUT2D eigenvalue weighted by molar-refractivity contribution is 0.199. The molecule has 0 amide bonds. The van der Waals surface area contributed by atoms with Crippen LogP contribution in [0.2, 0.25) is 0 Å². The molecule has 0 aromatic heterocycles. The van der Waals surface area contributed by atoms with E-state index in [0.717, 1.165) is 15.7 Å². The van der Waals surface area contributed by atoms with Gasteiger partial charge < -0.3 is 10.0 Å². The molecule has 1 aromatic rings. The van der Waals surface area contributed by atoms with Crippen LogP contribution >= 0.6 is 15.9 Å². The maximum absolute atomic E-state index is 9.54. The van der Waals surface area contributed by atoms with Gasteiger partial charge >= 0.3 is 0 Å². The summed E-state index contributed by atoms with van der Waals surface area (Å²) in [6.07, 6.45) is -0.423. The van der Waals surface area contributed by atoms with E-state index in [1.54, 1.807) is 6.92 Å². The molecule has 2 atom stereocenters. The average molecular weight is 300 g/mol. The maximum atomic E-state index is 9.54. The Morgan fingerprint density at radius 2 is 1.76 bits per heavy atom. The van der Waals surface area contributed by atoms with Gasteiger partial charge in [0.1, 0.15) is 0 Å². The lowest BCUT2D eigenvalue weighted by Crippen LogP contribution is -2.33. The second-order valence-corrected chi connectivity index (χ2v) is 5.84. The molecule has 0 heterocycles. The zero-order valence-electron chi connectivity index (χ0n) is 11.2. The molecular formula is C14H22BrNO. The van der Waals surface area contributed by atoms with E-state index in [2.05, 4.69) is 54.7 Å². The van der Waals surface area contributed by atoms with Crippen molar-refractivity contribution in [2.45, 2.75) is 39.8 Å². The molecule has 1 N–H and O–H groups in total. The van der Waals surface area contributed by atoms with Gasteiger partial charge in [-0.05, 0) is 53.4 Å². The van der Waals surface area contributed by atoms with Gasteiger partial charge in [0, 0.05) is 17.6 Å². The average Bonchev–Trinajstić information content (AvgIpc) is 2.26. The zero-order chi connectivity index (χ0) is 13.2. The zero-order valence-corrected chi connectivity index (χ0v) is 12.8. The van der Waals surface area contributed by atoms with Crippen LogP contribution in [-0.2, 0) is 0 Å². The Morgan fingerprint density at radius 3 is 2.18 bits per heavy atom. The van der Waals surface area contributed by atoms with Crippen molar-refractivity contribution >= 4 is 21.6 Å². The number of aliphatic hydroxyl groups excluding tert-OH is 1. The van der Waals surface area contributed by atoms with Crippen molar-refractivity contribution in [2.24, 2.45) is 5.92 Å². The van der Waals surface area contributed by atoms with Gasteiger partial charge in [-0.25, -0.2) is 0 Å². The Labute approximate surface area is 113 Å². The minimum absolute atomic E-state index is 0.423. The van der Waals surface area contributed by atoms with Crippen LogP contribution in [0.15, 0.2) is 22.7 Å². The molecule has 0 aliphatic carbocycles. The largest absolute Gasteiger partial charge is 0.389 e. The third-order valence-electron chi connectivity index (χ3n) is 3.41. The summed E-state index contributed by atoms with van der Waals surface area (Å²) < 4.78 is 1.03. The summed E-state index contributed by atoms with van der Waals surface area (Å²) in [5, 5.41) is 9.54. The van der Waals surface area contributed by atoms with Crippen LogP contribution in [0, 0.1) is 5.92 Å². The monoisotopic (exact) mass is 299 g/mol. The number of hydrogen-bond donors (Lipinski definition) is 1. The van der Waals surface area contributed by atoms with Crippen LogP contribution in [0.3, 0.4) is 0 Å². The van der Waals surface area contributed by atoms with E-state index in [-0.39, 0.29) is 0 Å². The topological polar surface area (TPSA) is 23.5 Å². The third kappa shape index (κ3) is 3.46. The van der Waals surface area contributed by atoms with Gasteiger partial charge in [0.15, 0.2) is 0 Å². The quantitative estimate of drug-likeness (QED) is 0.909. The number of anilines is 1. The van der Waals surface area contributed by atoms with E-state index >= 15 is 0 Å². The van der Waals surface area contributed by atoms with E-state index < -0.39 is 6.10 Å². The molecule has 0 aliphatic heterocycles. The number of aliphatic hydroxyl groups is 1. The molecule has 1 aromatic carbocycles. The van der Waals surface area contributed by atoms with Crippen molar-refractivity contribution < 1.29 is 5.11 Å². The van der Waals surface area contributed by atoms with Crippen LogP contribution < -0.4 is 4.90 Å². The van der Waals surface area contributed by atoms with Gasteiger partial charge in [0.05, 0.1) is 11.8 Å². The number of hydrogen-bond acceptors (Lipinski definition) is 2. The van der Waals surface area contributed by atoms with E-state index in [9.17, 15) is 5.11 Å². The minimum Gasteiger partial charge on any atom is -0.389 e. The van der Waals surface area contributed by atoms with Gasteiger partial charge in [-0.2, -0.15) is 0 Å². The molecule has 0 saturated carbocycles. The van der Waals surface area contributed by atoms with Gasteiger partial charge in [-0.3, -0.25) is 0 Å². The highest BCUT2D eigenvalue weighted by Crippen LogP contribution is 2.30. The summed E-state index contributed by atoms with van der Waals surface area (Å²) >= 11 is 3.58. The Hall–Kier alpha value is -0.540. The Kier molecular flexibility index (Phi) is 5.02. The minimum atomic E-state index is -0.423. The fourth-order valence-electron chi connectivity index (χ4n) is 1.74. The molecule has 1 rings (SSSR count). The maximum Gasteiger partial charge on any atom is 0.0762 e. The summed E-state index contributed by atoms with van der Waals surface area (Å²) in [6, 6.07) is 6.51. The van der Waals surface area contributed by atoms with Gasteiger partial charge in [0.2, 0.25) is 0 Å². The smallest absolute Gasteiger partial charge is 0.0762 e. The molecule has 17 heavy (non-hydrogen) atoms. The molecule has 2 unspecified atom stereocenters. The van der Waals surface area contributed by atoms with Crippen molar-refractivity contribution in [2.75, 3.05) is 11.9 Å². The predicted molar refractivity (Wildman–Crippen MR) is 77.5 cm³/mol. The van der Waals surface area contributed by atoms with Crippen molar-refractivity contribution in [3.8, 4) is 0 Å². The highest BCUT2D eigenvalue weighted by Gasteiger charge is 2.16. The number of rotatable bonds is 4. The van der Waals surface area contributed by atoms with E-state index in [0.29, 0.717) is 12.0 Å². The molecule has 0 aliphatic rings. The summed E-state index contributed by atoms with van der Waals surface area (Å²) in [5.74, 6) is 0.600. The highest BCUT2D eigenvalue weighted by molar-refractivity contribution is 9.10. The predicted octanol–water partition coefficient (Wildman–Crippen LogP) is 3.98. The van der Waals surface area contributed by atoms with Crippen molar-refractivity contribution in [3.05, 3.63) is 28.2 Å². The standard InChI is InChI=1S/C14H22BrNO/c1-9(2)10(3)16(5)14-7-6-12(11(4)17)8-13(14)15/h6-11,17H,1-5H3. The first kappa shape index (κ1) is 14.5. The van der Waals surface area contributed by atoms with Crippen LogP contribution in [0.4, 0.5) is 5.69 Å². The summed E-state index contributed by atoms with van der Waals surface area (Å²) in [5.41, 5.74) is 2.10. The van der Waals surface area contributed by atoms with Gasteiger partial charge in [-0.15, -0.1) is 0 Å². The molecule has 2 nitrogen and oxygen atoms in total. The van der Waals surface area contributed by atoms with Crippen molar-refractivity contribution in [1.29, 1.82) is 0 Å². The molecule has 3 heteroatoms. The first-order valence-electron chi connectivity index (χ1n) is 6.05. The van der Waals surface area contributed by atoms with E-state index in [1.807, 2.05) is 12.1 Å². The molecule has 96 valence electrons. The SMILES string of the molecule is CC(O)c1ccc(N(C)C(C)C(C)C)c(Br)c1.